The largest absolute Gasteiger partial charge is 0.396 e. The molecule has 2 heterocycles. The molecule has 20 heavy (non-hydrogen) atoms. The number of aromatic nitrogens is 4. The van der Waals surface area contributed by atoms with Crippen LogP contribution in [0.4, 0.5) is 5.82 Å². The second-order valence-electron chi connectivity index (χ2n) is 5.60. The molecule has 4 atom stereocenters. The Morgan fingerprint density at radius 2 is 2.15 bits per heavy atom. The molecule has 2 aromatic rings. The van der Waals surface area contributed by atoms with Crippen LogP contribution in [0.25, 0.3) is 11.2 Å². The highest BCUT2D eigenvalue weighted by Crippen LogP contribution is 2.44. The maximum Gasteiger partial charge on any atom is 0.165 e. The Kier molecular flexibility index (Phi) is 2.89. The molecule has 2 aromatic heterocycles. The van der Waals surface area contributed by atoms with E-state index in [4.69, 9.17) is 5.73 Å². The molecule has 8 heteroatoms. The zero-order valence-corrected chi connectivity index (χ0v) is 11.0. The smallest absolute Gasteiger partial charge is 0.165 e. The topological polar surface area (TPSA) is 130 Å². The maximum atomic E-state index is 10.2. The van der Waals surface area contributed by atoms with Crippen LogP contribution in [0.3, 0.4) is 0 Å². The molecule has 0 aliphatic heterocycles. The van der Waals surface area contributed by atoms with Crippen molar-refractivity contribution in [1.82, 2.24) is 19.5 Å². The van der Waals surface area contributed by atoms with Gasteiger partial charge in [0.05, 0.1) is 25.1 Å². The highest BCUT2D eigenvalue weighted by atomic mass is 16.3. The zero-order chi connectivity index (χ0) is 14.5. The molecule has 0 aromatic carbocycles. The Hall–Kier alpha value is -1.77. The molecule has 8 nitrogen and oxygen atoms in total. The minimum atomic E-state index is -1.01. The van der Waals surface area contributed by atoms with Crippen LogP contribution in [0.2, 0.25) is 0 Å². The van der Waals surface area contributed by atoms with Gasteiger partial charge in [0.25, 0.3) is 0 Å². The van der Waals surface area contributed by atoms with E-state index in [1.54, 1.807) is 11.5 Å². The number of hydrogen-bond acceptors (Lipinski definition) is 7. The molecule has 0 saturated heterocycles. The van der Waals surface area contributed by atoms with E-state index in [2.05, 4.69) is 15.0 Å². The maximum absolute atomic E-state index is 10.2. The lowest BCUT2D eigenvalue weighted by atomic mass is 9.87. The third-order valence-corrected chi connectivity index (χ3v) is 4.21. The van der Waals surface area contributed by atoms with Crippen LogP contribution in [-0.4, -0.2) is 53.7 Å². The standard InChI is InChI=1S/C12H17N5O3/c1-12(3-18)2-6(8(19)9(12)20)17-5-16-7-10(13)14-4-15-11(7)17/h4-6,8-9,18-20H,2-3H2,1H3,(H2,13,14,15)/t6-,8?,9?,12-/m1/s1. The van der Waals surface area contributed by atoms with E-state index in [-0.39, 0.29) is 12.4 Å². The van der Waals surface area contributed by atoms with E-state index in [1.165, 1.54) is 12.7 Å². The summed E-state index contributed by atoms with van der Waals surface area (Å²) >= 11 is 0. The number of fused-ring (bicyclic) bond motifs is 1. The summed E-state index contributed by atoms with van der Waals surface area (Å²) in [6.45, 7) is 1.54. The second-order valence-corrected chi connectivity index (χ2v) is 5.60. The SMILES string of the molecule is C[C@]1(CO)C[C@@H](n2cnc3c(N)ncnc32)C(O)C1O. The lowest BCUT2D eigenvalue weighted by molar-refractivity contribution is -0.0403. The van der Waals surface area contributed by atoms with Crippen molar-refractivity contribution in [3.63, 3.8) is 0 Å². The molecule has 3 rings (SSSR count). The van der Waals surface area contributed by atoms with E-state index >= 15 is 0 Å². The normalized spacial score (nSPS) is 33.9. The van der Waals surface area contributed by atoms with E-state index in [9.17, 15) is 15.3 Å². The first-order chi connectivity index (χ1) is 9.48. The van der Waals surface area contributed by atoms with E-state index in [0.717, 1.165) is 0 Å². The monoisotopic (exact) mass is 279 g/mol. The molecule has 1 aliphatic carbocycles. The van der Waals surface area contributed by atoms with Crippen LogP contribution in [0.1, 0.15) is 19.4 Å². The minimum Gasteiger partial charge on any atom is -0.396 e. The molecule has 0 radical (unpaired) electrons. The lowest BCUT2D eigenvalue weighted by Crippen LogP contribution is -2.36. The van der Waals surface area contributed by atoms with Gasteiger partial charge in [0, 0.05) is 5.41 Å². The fourth-order valence-electron chi connectivity index (χ4n) is 2.88. The van der Waals surface area contributed by atoms with Gasteiger partial charge >= 0.3 is 0 Å². The van der Waals surface area contributed by atoms with Crippen LogP contribution in [-0.2, 0) is 0 Å². The van der Waals surface area contributed by atoms with E-state index < -0.39 is 23.7 Å². The van der Waals surface area contributed by atoms with Crippen LogP contribution in [0.15, 0.2) is 12.7 Å². The van der Waals surface area contributed by atoms with Gasteiger partial charge in [0.2, 0.25) is 0 Å². The van der Waals surface area contributed by atoms with Crippen molar-refractivity contribution in [1.29, 1.82) is 0 Å². The number of hydrogen-bond donors (Lipinski definition) is 4. The summed E-state index contributed by atoms with van der Waals surface area (Å²) < 4.78 is 1.68. The van der Waals surface area contributed by atoms with Crippen LogP contribution < -0.4 is 5.73 Å². The third kappa shape index (κ3) is 1.69. The van der Waals surface area contributed by atoms with Crippen LogP contribution in [0, 0.1) is 5.41 Å². The third-order valence-electron chi connectivity index (χ3n) is 4.21. The number of nitrogens with two attached hydrogens (primary N) is 1. The van der Waals surface area contributed by atoms with E-state index in [1.807, 2.05) is 0 Å². The number of rotatable bonds is 2. The Bertz CT molecular complexity index is 645. The average molecular weight is 279 g/mol. The number of aliphatic hydroxyl groups excluding tert-OH is 3. The van der Waals surface area contributed by atoms with Crippen molar-refractivity contribution in [3.05, 3.63) is 12.7 Å². The summed E-state index contributed by atoms with van der Waals surface area (Å²) in [6.07, 6.45) is 1.27. The van der Waals surface area contributed by atoms with Gasteiger partial charge in [-0.15, -0.1) is 0 Å². The van der Waals surface area contributed by atoms with Crippen molar-refractivity contribution >= 4 is 17.0 Å². The molecule has 1 aliphatic rings. The highest BCUT2D eigenvalue weighted by Gasteiger charge is 2.50. The Morgan fingerprint density at radius 3 is 2.80 bits per heavy atom. The van der Waals surface area contributed by atoms with Crippen molar-refractivity contribution < 1.29 is 15.3 Å². The average Bonchev–Trinajstić information content (AvgIpc) is 2.96. The number of imidazole rings is 1. The number of nitrogens with zero attached hydrogens (tertiary/aromatic N) is 4. The number of nitrogen functional groups attached to an aromatic ring is 1. The van der Waals surface area contributed by atoms with Crippen molar-refractivity contribution in [2.75, 3.05) is 12.3 Å². The van der Waals surface area contributed by atoms with Crippen molar-refractivity contribution in [2.45, 2.75) is 31.6 Å². The molecular weight excluding hydrogens is 262 g/mol. The van der Waals surface area contributed by atoms with Gasteiger partial charge in [-0.3, -0.25) is 0 Å². The van der Waals surface area contributed by atoms with Crippen molar-refractivity contribution in [2.24, 2.45) is 5.41 Å². The summed E-state index contributed by atoms with van der Waals surface area (Å²) in [5, 5.41) is 29.8. The summed E-state index contributed by atoms with van der Waals surface area (Å²) in [7, 11) is 0. The van der Waals surface area contributed by atoms with Crippen LogP contribution >= 0.6 is 0 Å². The number of aliphatic hydroxyl groups is 3. The van der Waals surface area contributed by atoms with Gasteiger partial charge in [-0.1, -0.05) is 6.92 Å². The molecule has 0 spiro atoms. The second kappa shape index (κ2) is 4.37. The predicted octanol–water partition coefficient (Wildman–Crippen LogP) is -0.926. The minimum absolute atomic E-state index is 0.203. The van der Waals surface area contributed by atoms with Gasteiger partial charge in [-0.05, 0) is 6.42 Å². The van der Waals surface area contributed by atoms with E-state index in [0.29, 0.717) is 17.6 Å². The van der Waals surface area contributed by atoms with Gasteiger partial charge < -0.3 is 25.6 Å². The molecule has 5 N–H and O–H groups in total. The molecule has 1 saturated carbocycles. The molecule has 0 bridgehead atoms. The molecule has 2 unspecified atom stereocenters. The Morgan fingerprint density at radius 1 is 1.40 bits per heavy atom. The Labute approximate surface area is 114 Å². The zero-order valence-electron chi connectivity index (χ0n) is 11.0. The summed E-state index contributed by atoms with van der Waals surface area (Å²) in [4.78, 5) is 12.2. The van der Waals surface area contributed by atoms with Gasteiger partial charge in [-0.25, -0.2) is 15.0 Å². The van der Waals surface area contributed by atoms with Crippen LogP contribution in [0.5, 0.6) is 0 Å². The molecule has 0 amide bonds. The first-order valence-electron chi connectivity index (χ1n) is 6.38. The van der Waals surface area contributed by atoms with Crippen molar-refractivity contribution in [3.8, 4) is 0 Å². The first-order valence-corrected chi connectivity index (χ1v) is 6.38. The van der Waals surface area contributed by atoms with Gasteiger partial charge in [0.1, 0.15) is 17.9 Å². The predicted molar refractivity (Wildman–Crippen MR) is 70.6 cm³/mol. The molecule has 1 fully saturated rings. The summed E-state index contributed by atoms with van der Waals surface area (Å²) in [5.74, 6) is 0.270. The van der Waals surface area contributed by atoms with Gasteiger partial charge in [0.15, 0.2) is 11.5 Å². The Balaban J connectivity index is 2.06. The fourth-order valence-corrected chi connectivity index (χ4v) is 2.88. The number of anilines is 1. The molecule has 108 valence electrons. The lowest BCUT2D eigenvalue weighted by Gasteiger charge is -2.25. The molecular formula is C12H17N5O3. The van der Waals surface area contributed by atoms with Gasteiger partial charge in [-0.2, -0.15) is 0 Å². The highest BCUT2D eigenvalue weighted by molar-refractivity contribution is 5.81. The fraction of sp³-hybridized carbons (Fsp3) is 0.583. The summed E-state index contributed by atoms with van der Waals surface area (Å²) in [5.41, 5.74) is 5.95. The first kappa shape index (κ1) is 13.2. The summed E-state index contributed by atoms with van der Waals surface area (Å²) in [6, 6.07) is -0.415. The quantitative estimate of drug-likeness (QED) is 0.559.